The van der Waals surface area contributed by atoms with Crippen LogP contribution < -0.4 is 4.74 Å². The summed E-state index contributed by atoms with van der Waals surface area (Å²) in [5, 5.41) is 23.1. The fraction of sp³-hybridized carbons (Fsp3) is 0.471. The van der Waals surface area contributed by atoms with E-state index >= 15 is 0 Å². The maximum Gasteiger partial charge on any atom is 0.358 e. The van der Waals surface area contributed by atoms with Gasteiger partial charge in [-0.3, -0.25) is 24.0 Å². The molecule has 2 unspecified atom stereocenters. The van der Waals surface area contributed by atoms with Gasteiger partial charge in [0.05, 0.1) is 36.5 Å². The van der Waals surface area contributed by atoms with Gasteiger partial charge in [0.15, 0.2) is 17.9 Å². The van der Waals surface area contributed by atoms with E-state index in [1.807, 2.05) is 0 Å². The van der Waals surface area contributed by atoms with Crippen LogP contribution in [0.2, 0.25) is 0 Å². The average Bonchev–Trinajstić information content (AvgIpc) is 3.39. The van der Waals surface area contributed by atoms with Crippen LogP contribution in [0, 0.1) is 5.41 Å². The minimum absolute atomic E-state index is 0.0103. The van der Waals surface area contributed by atoms with Gasteiger partial charge in [-0.15, -0.1) is 5.06 Å². The highest BCUT2D eigenvalue weighted by molar-refractivity contribution is 6.31. The Bertz CT molecular complexity index is 1720. The number of phenols is 2. The van der Waals surface area contributed by atoms with Gasteiger partial charge in [0.25, 0.3) is 11.8 Å². The molecule has 2 fully saturated rings. The molecule has 0 radical (unpaired) electrons. The Morgan fingerprint density at radius 2 is 1.65 bits per heavy atom. The minimum Gasteiger partial charge on any atom is -0.507 e. The van der Waals surface area contributed by atoms with Crippen LogP contribution in [-0.2, 0) is 51.1 Å². The number of ether oxygens (including phenoxy) is 4. The lowest BCUT2D eigenvalue weighted by molar-refractivity contribution is -0.212. The number of carbonyl (C=O) groups excluding carboxylic acids is 6. The molecule has 48 heavy (non-hydrogen) atoms. The lowest BCUT2D eigenvalue weighted by Gasteiger charge is -2.36. The second-order valence-electron chi connectivity index (χ2n) is 12.6. The summed E-state index contributed by atoms with van der Waals surface area (Å²) in [6, 6.07) is 4.56. The predicted octanol–water partition coefficient (Wildman–Crippen LogP) is 2.48. The van der Waals surface area contributed by atoms with Gasteiger partial charge in [-0.05, 0) is 44.6 Å². The molecule has 14 heteroatoms. The van der Waals surface area contributed by atoms with Crippen LogP contribution in [0.15, 0.2) is 18.2 Å². The molecule has 4 aliphatic rings. The number of carbonyl (C=O) groups is 6. The number of hydrogen-bond donors (Lipinski definition) is 2. The largest absolute Gasteiger partial charge is 0.507 e. The number of rotatable bonds is 10. The number of benzene rings is 2. The zero-order chi connectivity index (χ0) is 34.3. The predicted molar refractivity (Wildman–Crippen MR) is 161 cm³/mol. The Balaban J connectivity index is 1.07. The molecule has 2 aliphatic carbocycles. The third-order valence-corrected chi connectivity index (χ3v) is 9.43. The van der Waals surface area contributed by atoms with E-state index in [-0.39, 0.29) is 84.0 Å². The normalized spacial score (nSPS) is 23.4. The highest BCUT2D eigenvalue weighted by Gasteiger charge is 2.44. The van der Waals surface area contributed by atoms with Crippen molar-refractivity contribution in [2.45, 2.75) is 70.7 Å². The van der Waals surface area contributed by atoms with E-state index < -0.39 is 59.5 Å². The summed E-state index contributed by atoms with van der Waals surface area (Å²) in [4.78, 5) is 80.6. The quantitative estimate of drug-likeness (QED) is 0.237. The Morgan fingerprint density at radius 3 is 2.38 bits per heavy atom. The van der Waals surface area contributed by atoms with Gasteiger partial charge in [0, 0.05) is 34.9 Å². The van der Waals surface area contributed by atoms with Crippen molar-refractivity contribution in [3.8, 4) is 17.2 Å². The first-order chi connectivity index (χ1) is 22.9. The number of fused-ring (bicyclic) bond motifs is 3. The molecule has 3 atom stereocenters. The van der Waals surface area contributed by atoms with Crippen molar-refractivity contribution in [3.63, 3.8) is 0 Å². The third-order valence-electron chi connectivity index (χ3n) is 9.43. The molecule has 2 heterocycles. The highest BCUT2D eigenvalue weighted by Crippen LogP contribution is 2.49. The van der Waals surface area contributed by atoms with Gasteiger partial charge in [-0.2, -0.15) is 0 Å². The fourth-order valence-electron chi connectivity index (χ4n) is 6.74. The van der Waals surface area contributed by atoms with Crippen molar-refractivity contribution in [1.29, 1.82) is 0 Å². The van der Waals surface area contributed by atoms with Gasteiger partial charge in [-0.25, -0.2) is 4.79 Å². The summed E-state index contributed by atoms with van der Waals surface area (Å²) in [6.07, 6.45) is 1.15. The van der Waals surface area contributed by atoms with E-state index in [0.717, 1.165) is 0 Å². The minimum atomic E-state index is -1.01. The summed E-state index contributed by atoms with van der Waals surface area (Å²) in [5.74, 6) is -4.21. The third kappa shape index (κ3) is 5.95. The first-order valence-corrected chi connectivity index (χ1v) is 15.7. The van der Waals surface area contributed by atoms with Gasteiger partial charge in [0.2, 0.25) is 5.78 Å². The maximum absolute atomic E-state index is 13.5. The molecule has 2 aromatic carbocycles. The number of methoxy groups -OCH3 is 1. The van der Waals surface area contributed by atoms with Crippen LogP contribution in [0.3, 0.4) is 0 Å². The number of nitrogens with zero attached hydrogens (tertiary/aromatic N) is 1. The topological polar surface area (TPSA) is 192 Å². The van der Waals surface area contributed by atoms with E-state index in [9.17, 15) is 39.0 Å². The number of phenolic OH excluding ortho intramolecular Hbond substituents is 2. The van der Waals surface area contributed by atoms with Crippen molar-refractivity contribution < 1.29 is 62.8 Å². The van der Waals surface area contributed by atoms with Crippen LogP contribution >= 0.6 is 0 Å². The molecule has 0 spiro atoms. The van der Waals surface area contributed by atoms with Crippen LogP contribution in [0.5, 0.6) is 17.2 Å². The molecule has 0 aromatic heterocycles. The van der Waals surface area contributed by atoms with Crippen LogP contribution in [0.1, 0.15) is 88.4 Å². The van der Waals surface area contributed by atoms with E-state index in [0.29, 0.717) is 36.3 Å². The van der Waals surface area contributed by atoms with Crippen molar-refractivity contribution in [2.75, 3.05) is 26.9 Å². The van der Waals surface area contributed by atoms with Crippen molar-refractivity contribution >= 4 is 35.1 Å². The molecule has 0 saturated carbocycles. The standard InChI is InChI=1S/C34H35NO13/c1-34(22(36)15-46-26-8-3-5-17(47-26)14-45-16-25(39)48-35-23(37)9-10-24(35)38)12-11-18-20(13-34)32(42)28-29(30(18)40)33(43)27-19(31(28)41)6-4-7-21(27)44-2/h4,6-7,17,26,40,42H,3,5,8-16H2,1-2H3/t17?,26?,34-/m0/s1. The number of aromatic hydroxyl groups is 2. The lowest BCUT2D eigenvalue weighted by atomic mass is 9.68. The molecule has 14 nitrogen and oxygen atoms in total. The highest BCUT2D eigenvalue weighted by atomic mass is 16.7. The van der Waals surface area contributed by atoms with Gasteiger partial charge < -0.3 is 34.0 Å². The first-order valence-electron chi connectivity index (χ1n) is 15.7. The summed E-state index contributed by atoms with van der Waals surface area (Å²) in [6.45, 7) is 0.958. The molecule has 2 saturated heterocycles. The zero-order valence-electron chi connectivity index (χ0n) is 26.5. The summed E-state index contributed by atoms with van der Waals surface area (Å²) in [7, 11) is 1.37. The SMILES string of the molecule is COc1cccc2c1C(=O)c1c(O)c3c(c(O)c1C2=O)C[C@@](C)(C(=O)COC1CCCC(COCC(=O)ON2C(=O)CCC2=O)O1)CC3. The molecule has 6 rings (SSSR count). The second kappa shape index (κ2) is 13.1. The van der Waals surface area contributed by atoms with E-state index in [1.54, 1.807) is 19.1 Å². The fourth-order valence-corrected chi connectivity index (χ4v) is 6.74. The number of imide groups is 1. The number of Topliss-reactive ketones (excluding diaryl/α,β-unsaturated/α-hetero) is 1. The van der Waals surface area contributed by atoms with Crippen molar-refractivity contribution in [2.24, 2.45) is 5.41 Å². The van der Waals surface area contributed by atoms with Gasteiger partial charge in [-0.1, -0.05) is 19.1 Å². The summed E-state index contributed by atoms with van der Waals surface area (Å²) in [5.41, 5.74) is -0.941. The molecule has 2 amide bonds. The van der Waals surface area contributed by atoms with Crippen molar-refractivity contribution in [3.05, 3.63) is 51.6 Å². The van der Waals surface area contributed by atoms with Gasteiger partial charge in [0.1, 0.15) is 30.5 Å². The van der Waals surface area contributed by atoms with E-state index in [2.05, 4.69) is 0 Å². The Hall–Kier alpha value is -4.66. The molecule has 254 valence electrons. The van der Waals surface area contributed by atoms with E-state index in [1.165, 1.54) is 13.2 Å². The lowest BCUT2D eigenvalue weighted by Crippen LogP contribution is -2.40. The second-order valence-corrected chi connectivity index (χ2v) is 12.6. The number of amides is 2. The van der Waals surface area contributed by atoms with Crippen LogP contribution in [-0.4, -0.2) is 89.7 Å². The average molecular weight is 666 g/mol. The molecule has 0 bridgehead atoms. The molecule has 2 aliphatic heterocycles. The van der Waals surface area contributed by atoms with Crippen molar-refractivity contribution in [1.82, 2.24) is 5.06 Å². The summed E-state index contributed by atoms with van der Waals surface area (Å²) >= 11 is 0. The Labute approximate surface area is 274 Å². The molecule has 2 aromatic rings. The van der Waals surface area contributed by atoms with Gasteiger partial charge >= 0.3 is 5.97 Å². The maximum atomic E-state index is 13.5. The Kier molecular flexibility index (Phi) is 9.07. The molecular formula is C34H35NO13. The number of ketones is 3. The zero-order valence-corrected chi connectivity index (χ0v) is 26.5. The molecule has 2 N–H and O–H groups in total. The first kappa shape index (κ1) is 33.2. The van der Waals surface area contributed by atoms with Crippen LogP contribution in [0.4, 0.5) is 0 Å². The number of hydroxylamine groups is 2. The molecular weight excluding hydrogens is 630 g/mol. The summed E-state index contributed by atoms with van der Waals surface area (Å²) < 4.78 is 22.4. The van der Waals surface area contributed by atoms with Crippen LogP contribution in [0.25, 0.3) is 0 Å². The van der Waals surface area contributed by atoms with E-state index in [4.69, 9.17) is 23.8 Å². The number of hydrogen-bond acceptors (Lipinski definition) is 13. The Morgan fingerprint density at radius 1 is 0.938 bits per heavy atom. The monoisotopic (exact) mass is 665 g/mol. The smallest absolute Gasteiger partial charge is 0.358 e.